The molecule has 0 saturated heterocycles. The average Bonchev–Trinajstić information content (AvgIpc) is 2.82. The van der Waals surface area contributed by atoms with Crippen LogP contribution in [0, 0.1) is 0 Å². The van der Waals surface area contributed by atoms with Gasteiger partial charge in [-0.15, -0.1) is 11.8 Å². The second-order valence-corrected chi connectivity index (χ2v) is 9.74. The maximum absolute atomic E-state index is 12.7. The summed E-state index contributed by atoms with van der Waals surface area (Å²) in [5.74, 6) is 2.01. The van der Waals surface area contributed by atoms with Crippen LogP contribution in [-0.2, 0) is 11.2 Å². The topological polar surface area (TPSA) is 38.3 Å². The van der Waals surface area contributed by atoms with E-state index >= 15 is 0 Å². The van der Waals surface area contributed by atoms with E-state index in [2.05, 4.69) is 12.2 Å². The van der Waals surface area contributed by atoms with E-state index in [0.29, 0.717) is 27.2 Å². The number of nitrogens with one attached hydrogen (secondary N) is 1. The number of amides is 1. The summed E-state index contributed by atoms with van der Waals surface area (Å²) in [4.78, 5) is 13.9. The van der Waals surface area contributed by atoms with E-state index < -0.39 is 0 Å². The molecule has 0 aromatic heterocycles. The second kappa shape index (κ2) is 11.5. The molecule has 0 aliphatic rings. The molecule has 6 heteroatoms. The minimum Gasteiger partial charge on any atom is -0.455 e. The summed E-state index contributed by atoms with van der Waals surface area (Å²) in [6.07, 6.45) is 0.286. The van der Waals surface area contributed by atoms with Gasteiger partial charge in [0.2, 0.25) is 5.91 Å². The third-order valence-corrected chi connectivity index (χ3v) is 6.50. The van der Waals surface area contributed by atoms with E-state index in [4.69, 9.17) is 27.9 Å². The maximum Gasteiger partial charge on any atom is 0.228 e. The zero-order valence-corrected chi connectivity index (χ0v) is 20.9. The molecule has 0 saturated carbocycles. The van der Waals surface area contributed by atoms with E-state index in [1.54, 1.807) is 30.0 Å². The van der Waals surface area contributed by atoms with Gasteiger partial charge < -0.3 is 10.1 Å². The van der Waals surface area contributed by atoms with Crippen LogP contribution in [0.2, 0.25) is 10.0 Å². The number of hydrogen-bond acceptors (Lipinski definition) is 3. The predicted molar refractivity (Wildman–Crippen MR) is 144 cm³/mol. The molecule has 0 aliphatic heterocycles. The first-order chi connectivity index (χ1) is 16.5. The van der Waals surface area contributed by atoms with Crippen LogP contribution in [0.15, 0.2) is 95.9 Å². The summed E-state index contributed by atoms with van der Waals surface area (Å²) in [6, 6.07) is 28.5. The molecular formula is C28H23Cl2NO2S. The second-order valence-electron chi connectivity index (χ2n) is 7.56. The van der Waals surface area contributed by atoms with Crippen LogP contribution in [0.4, 0.5) is 5.69 Å². The molecule has 0 radical (unpaired) electrons. The fourth-order valence-corrected chi connectivity index (χ4v) is 4.51. The maximum atomic E-state index is 12.7. The Bertz CT molecular complexity index is 1290. The number of thioether (sulfide) groups is 1. The van der Waals surface area contributed by atoms with Crippen molar-refractivity contribution in [2.24, 2.45) is 0 Å². The fraction of sp³-hybridized carbons (Fsp3) is 0.107. The van der Waals surface area contributed by atoms with Crippen LogP contribution in [-0.4, -0.2) is 11.7 Å². The van der Waals surface area contributed by atoms with Gasteiger partial charge in [0.1, 0.15) is 11.5 Å². The third-order valence-electron chi connectivity index (χ3n) is 5.06. The molecule has 0 heterocycles. The first-order valence-electron chi connectivity index (χ1n) is 10.9. The number of rotatable bonds is 8. The van der Waals surface area contributed by atoms with Crippen LogP contribution in [0.25, 0.3) is 11.1 Å². The Kier molecular flexibility index (Phi) is 8.17. The highest BCUT2D eigenvalue weighted by Crippen LogP contribution is 2.38. The van der Waals surface area contributed by atoms with Crippen molar-refractivity contribution in [3.63, 3.8) is 0 Å². The number of carbonyl (C=O) groups is 1. The van der Waals surface area contributed by atoms with E-state index in [1.807, 2.05) is 72.8 Å². The van der Waals surface area contributed by atoms with Crippen LogP contribution in [0.3, 0.4) is 0 Å². The molecule has 0 aliphatic carbocycles. The highest BCUT2D eigenvalue weighted by atomic mass is 35.5. The van der Waals surface area contributed by atoms with Gasteiger partial charge in [-0.2, -0.15) is 0 Å². The van der Waals surface area contributed by atoms with Gasteiger partial charge >= 0.3 is 0 Å². The van der Waals surface area contributed by atoms with Crippen LogP contribution in [0.5, 0.6) is 11.5 Å². The number of para-hydroxylation sites is 1. The van der Waals surface area contributed by atoms with Crippen molar-refractivity contribution >= 4 is 46.6 Å². The fourth-order valence-electron chi connectivity index (χ4n) is 3.49. The van der Waals surface area contributed by atoms with Crippen molar-refractivity contribution in [1.82, 2.24) is 0 Å². The lowest BCUT2D eigenvalue weighted by Gasteiger charge is -2.15. The normalized spacial score (nSPS) is 10.7. The number of halogens is 2. The SMILES string of the molecule is CCSc1ccc(CC(=O)Nc2ccc(-c3cccc(Cl)c3)c(Oc3ccccc3Cl)c2)cc1. The Morgan fingerprint density at radius 1 is 0.882 bits per heavy atom. The molecule has 34 heavy (non-hydrogen) atoms. The minimum absolute atomic E-state index is 0.102. The Hall–Kier alpha value is -2.92. The summed E-state index contributed by atoms with van der Waals surface area (Å²) < 4.78 is 6.18. The summed E-state index contributed by atoms with van der Waals surface area (Å²) in [5, 5.41) is 4.10. The molecule has 0 unspecified atom stereocenters. The van der Waals surface area contributed by atoms with Crippen LogP contribution >= 0.6 is 35.0 Å². The van der Waals surface area contributed by atoms with Gasteiger partial charge in [0, 0.05) is 27.2 Å². The van der Waals surface area contributed by atoms with Crippen molar-refractivity contribution < 1.29 is 9.53 Å². The van der Waals surface area contributed by atoms with Gasteiger partial charge in [-0.3, -0.25) is 4.79 Å². The Morgan fingerprint density at radius 2 is 1.68 bits per heavy atom. The van der Waals surface area contributed by atoms with Crippen LogP contribution < -0.4 is 10.1 Å². The first kappa shape index (κ1) is 24.2. The van der Waals surface area contributed by atoms with Gasteiger partial charge in [0.25, 0.3) is 0 Å². The Balaban J connectivity index is 1.58. The molecule has 1 N–H and O–H groups in total. The molecule has 4 aromatic carbocycles. The zero-order valence-electron chi connectivity index (χ0n) is 18.6. The Labute approximate surface area is 214 Å². The lowest BCUT2D eigenvalue weighted by molar-refractivity contribution is -0.115. The smallest absolute Gasteiger partial charge is 0.228 e. The van der Waals surface area contributed by atoms with Gasteiger partial charge in [-0.05, 0) is 65.4 Å². The minimum atomic E-state index is -0.102. The van der Waals surface area contributed by atoms with Gasteiger partial charge in [0.15, 0.2) is 0 Å². The van der Waals surface area contributed by atoms with Crippen molar-refractivity contribution in [3.8, 4) is 22.6 Å². The highest BCUT2D eigenvalue weighted by molar-refractivity contribution is 7.99. The van der Waals surface area contributed by atoms with Crippen molar-refractivity contribution in [3.05, 3.63) is 107 Å². The summed E-state index contributed by atoms with van der Waals surface area (Å²) >= 11 is 14.3. The zero-order chi connectivity index (χ0) is 23.9. The number of ether oxygens (including phenoxy) is 1. The number of carbonyl (C=O) groups excluding carboxylic acids is 1. The molecule has 4 rings (SSSR count). The third kappa shape index (κ3) is 6.35. The van der Waals surface area contributed by atoms with Crippen molar-refractivity contribution in [1.29, 1.82) is 0 Å². The number of anilines is 1. The monoisotopic (exact) mass is 507 g/mol. The van der Waals surface area contributed by atoms with Crippen molar-refractivity contribution in [2.45, 2.75) is 18.2 Å². The predicted octanol–water partition coefficient (Wildman–Crippen LogP) is 8.75. The molecule has 4 aromatic rings. The van der Waals surface area contributed by atoms with Gasteiger partial charge in [-0.25, -0.2) is 0 Å². The standard InChI is InChI=1S/C28H23Cl2NO2S/c1-2-34-23-13-10-19(11-14-23)16-28(32)31-22-12-15-24(20-6-5-7-21(29)17-20)27(18-22)33-26-9-4-3-8-25(26)30/h3-15,17-18H,2,16H2,1H3,(H,31,32). The van der Waals surface area contributed by atoms with E-state index in [-0.39, 0.29) is 12.3 Å². The molecule has 0 spiro atoms. The molecule has 0 atom stereocenters. The highest BCUT2D eigenvalue weighted by Gasteiger charge is 2.13. The molecule has 1 amide bonds. The first-order valence-corrected chi connectivity index (χ1v) is 12.6. The molecule has 0 bridgehead atoms. The van der Waals surface area contributed by atoms with Crippen molar-refractivity contribution in [2.75, 3.05) is 11.1 Å². The van der Waals surface area contributed by atoms with Gasteiger partial charge in [-0.1, -0.05) is 66.5 Å². The van der Waals surface area contributed by atoms with E-state index in [9.17, 15) is 4.79 Å². The summed E-state index contributed by atoms with van der Waals surface area (Å²) in [5.41, 5.74) is 3.33. The largest absolute Gasteiger partial charge is 0.455 e. The van der Waals surface area contributed by atoms with Crippen LogP contribution in [0.1, 0.15) is 12.5 Å². The number of benzene rings is 4. The lowest BCUT2D eigenvalue weighted by Crippen LogP contribution is -2.14. The molecular weight excluding hydrogens is 485 g/mol. The molecule has 0 fully saturated rings. The quantitative estimate of drug-likeness (QED) is 0.242. The number of hydrogen-bond donors (Lipinski definition) is 1. The molecule has 172 valence electrons. The average molecular weight is 508 g/mol. The van der Waals surface area contributed by atoms with E-state index in [0.717, 1.165) is 22.4 Å². The lowest BCUT2D eigenvalue weighted by atomic mass is 10.0. The van der Waals surface area contributed by atoms with Gasteiger partial charge in [0.05, 0.1) is 11.4 Å². The van der Waals surface area contributed by atoms with E-state index in [1.165, 1.54) is 4.90 Å². The Morgan fingerprint density at radius 3 is 2.41 bits per heavy atom. The summed E-state index contributed by atoms with van der Waals surface area (Å²) in [7, 11) is 0. The molecule has 3 nitrogen and oxygen atoms in total. The summed E-state index contributed by atoms with van der Waals surface area (Å²) in [6.45, 7) is 2.12.